The minimum Gasteiger partial charge on any atom is -0.306 e. The molecule has 1 saturated heterocycles. The lowest BCUT2D eigenvalue weighted by atomic mass is 9.90. The second-order valence-corrected chi connectivity index (χ2v) is 5.17. The Hall–Kier alpha value is -0.0200. The molecular weight excluding hydrogens is 182 g/mol. The number of hydrogen-bond acceptors (Lipinski definition) is 3. The van der Waals surface area contributed by atoms with Gasteiger partial charge in [-0.2, -0.15) is 11.8 Å². The van der Waals surface area contributed by atoms with Gasteiger partial charge in [0, 0.05) is 24.0 Å². The lowest BCUT2D eigenvalue weighted by Gasteiger charge is -2.26. The molecule has 1 rings (SSSR count). The summed E-state index contributed by atoms with van der Waals surface area (Å²) in [6, 6.07) is 0.108. The molecule has 3 heteroatoms. The molecule has 1 heterocycles. The zero-order valence-corrected chi connectivity index (χ0v) is 9.49. The van der Waals surface area contributed by atoms with Crippen LogP contribution in [0.4, 0.5) is 0 Å². The van der Waals surface area contributed by atoms with E-state index in [9.17, 15) is 4.79 Å². The molecule has 13 heavy (non-hydrogen) atoms. The molecule has 0 aromatic carbocycles. The zero-order valence-electron chi connectivity index (χ0n) is 8.67. The second-order valence-electron chi connectivity index (χ2n) is 4.02. The fourth-order valence-electron chi connectivity index (χ4n) is 1.39. The van der Waals surface area contributed by atoms with Gasteiger partial charge in [0.05, 0.1) is 6.04 Å². The molecule has 2 atom stereocenters. The molecular formula is C10H19NOS. The van der Waals surface area contributed by atoms with Crippen LogP contribution in [0.25, 0.3) is 0 Å². The van der Waals surface area contributed by atoms with Crippen LogP contribution in [-0.4, -0.2) is 29.9 Å². The van der Waals surface area contributed by atoms with Gasteiger partial charge in [0.15, 0.2) is 5.78 Å². The van der Waals surface area contributed by atoms with Crippen molar-refractivity contribution in [2.24, 2.45) is 11.8 Å². The van der Waals surface area contributed by atoms with Crippen LogP contribution in [0.5, 0.6) is 0 Å². The van der Waals surface area contributed by atoms with Crippen molar-refractivity contribution < 1.29 is 4.79 Å². The van der Waals surface area contributed by atoms with Gasteiger partial charge in [-0.1, -0.05) is 20.8 Å². The van der Waals surface area contributed by atoms with Crippen LogP contribution in [0.1, 0.15) is 20.8 Å². The summed E-state index contributed by atoms with van der Waals surface area (Å²) in [4.78, 5) is 11.9. The first-order valence-corrected chi connectivity index (χ1v) is 6.13. The highest BCUT2D eigenvalue weighted by molar-refractivity contribution is 7.99. The van der Waals surface area contributed by atoms with E-state index < -0.39 is 0 Å². The summed E-state index contributed by atoms with van der Waals surface area (Å²) in [5.41, 5.74) is 0. The SMILES string of the molecule is CC(C)C(C)C(=O)C1CSCCN1. The number of Topliss-reactive ketones (excluding diaryl/α,β-unsaturated/α-hetero) is 1. The Balaban J connectivity index is 2.45. The minimum absolute atomic E-state index is 0.108. The van der Waals surface area contributed by atoms with E-state index in [1.807, 2.05) is 18.7 Å². The normalized spacial score (nSPS) is 26.0. The largest absolute Gasteiger partial charge is 0.306 e. The van der Waals surface area contributed by atoms with E-state index in [0.29, 0.717) is 11.7 Å². The first-order chi connectivity index (χ1) is 6.13. The highest BCUT2D eigenvalue weighted by Gasteiger charge is 2.26. The molecule has 0 bridgehead atoms. The molecule has 76 valence electrons. The number of rotatable bonds is 3. The topological polar surface area (TPSA) is 29.1 Å². The third-order valence-corrected chi connectivity index (χ3v) is 3.78. The van der Waals surface area contributed by atoms with Gasteiger partial charge >= 0.3 is 0 Å². The monoisotopic (exact) mass is 201 g/mol. The first-order valence-electron chi connectivity index (χ1n) is 4.97. The van der Waals surface area contributed by atoms with E-state index in [0.717, 1.165) is 18.1 Å². The number of nitrogens with one attached hydrogen (secondary N) is 1. The van der Waals surface area contributed by atoms with Crippen LogP contribution in [0.15, 0.2) is 0 Å². The summed E-state index contributed by atoms with van der Waals surface area (Å²) in [7, 11) is 0. The Bertz CT molecular complexity index is 176. The average molecular weight is 201 g/mol. The first kappa shape index (κ1) is 11.1. The molecule has 2 unspecified atom stereocenters. The van der Waals surface area contributed by atoms with Crippen LogP contribution in [0.2, 0.25) is 0 Å². The van der Waals surface area contributed by atoms with Crippen LogP contribution < -0.4 is 5.32 Å². The maximum atomic E-state index is 11.9. The highest BCUT2D eigenvalue weighted by Crippen LogP contribution is 2.17. The summed E-state index contributed by atoms with van der Waals surface area (Å²) >= 11 is 1.88. The van der Waals surface area contributed by atoms with Gasteiger partial charge in [0.1, 0.15) is 0 Å². The second kappa shape index (κ2) is 5.01. The summed E-state index contributed by atoms with van der Waals surface area (Å²) in [5, 5.41) is 3.28. The van der Waals surface area contributed by atoms with Gasteiger partial charge in [-0.25, -0.2) is 0 Å². The maximum Gasteiger partial charge on any atom is 0.153 e. The molecule has 0 saturated carbocycles. The van der Waals surface area contributed by atoms with Crippen molar-refractivity contribution >= 4 is 17.5 Å². The summed E-state index contributed by atoms with van der Waals surface area (Å²) in [6.45, 7) is 7.23. The lowest BCUT2D eigenvalue weighted by Crippen LogP contribution is -2.46. The van der Waals surface area contributed by atoms with Crippen molar-refractivity contribution in [3.05, 3.63) is 0 Å². The lowest BCUT2D eigenvalue weighted by molar-refractivity contribution is -0.125. The molecule has 1 aliphatic rings. The van der Waals surface area contributed by atoms with E-state index in [2.05, 4.69) is 19.2 Å². The van der Waals surface area contributed by atoms with Gasteiger partial charge in [-0.05, 0) is 5.92 Å². The predicted octanol–water partition coefficient (Wildman–Crippen LogP) is 1.55. The fourth-order valence-corrected chi connectivity index (χ4v) is 2.34. The Morgan fingerprint density at radius 2 is 2.15 bits per heavy atom. The van der Waals surface area contributed by atoms with Crippen LogP contribution in [0, 0.1) is 11.8 Å². The third-order valence-electron chi connectivity index (χ3n) is 2.71. The van der Waals surface area contributed by atoms with E-state index in [1.54, 1.807) is 0 Å². The molecule has 2 nitrogen and oxygen atoms in total. The van der Waals surface area contributed by atoms with Gasteiger partial charge in [-0.3, -0.25) is 4.79 Å². The van der Waals surface area contributed by atoms with E-state index in [4.69, 9.17) is 0 Å². The molecule has 0 aliphatic carbocycles. The maximum absolute atomic E-state index is 11.9. The highest BCUT2D eigenvalue weighted by atomic mass is 32.2. The van der Waals surface area contributed by atoms with E-state index >= 15 is 0 Å². The number of thioether (sulfide) groups is 1. The summed E-state index contributed by atoms with van der Waals surface area (Å²) in [5.74, 6) is 3.13. The Morgan fingerprint density at radius 1 is 1.46 bits per heavy atom. The van der Waals surface area contributed by atoms with E-state index in [-0.39, 0.29) is 12.0 Å². The fraction of sp³-hybridized carbons (Fsp3) is 0.900. The molecule has 0 radical (unpaired) electrons. The minimum atomic E-state index is 0.108. The Labute approximate surface area is 84.9 Å². The summed E-state index contributed by atoms with van der Waals surface area (Å²) < 4.78 is 0. The Kier molecular flexibility index (Phi) is 4.26. The van der Waals surface area contributed by atoms with Gasteiger partial charge in [-0.15, -0.1) is 0 Å². The molecule has 1 aliphatic heterocycles. The number of ketones is 1. The number of carbonyl (C=O) groups excluding carboxylic acids is 1. The number of carbonyl (C=O) groups is 1. The van der Waals surface area contributed by atoms with Crippen LogP contribution >= 0.6 is 11.8 Å². The molecule has 0 spiro atoms. The molecule has 0 aromatic rings. The smallest absolute Gasteiger partial charge is 0.153 e. The molecule has 0 aromatic heterocycles. The predicted molar refractivity (Wildman–Crippen MR) is 58.1 cm³/mol. The van der Waals surface area contributed by atoms with Crippen molar-refractivity contribution in [1.29, 1.82) is 0 Å². The third kappa shape index (κ3) is 2.99. The average Bonchev–Trinajstić information content (AvgIpc) is 2.17. The zero-order chi connectivity index (χ0) is 9.84. The van der Waals surface area contributed by atoms with Gasteiger partial charge in [0.2, 0.25) is 0 Å². The standard InChI is InChI=1S/C10H19NOS/c1-7(2)8(3)10(12)9-6-13-5-4-11-9/h7-9,11H,4-6H2,1-3H3. The van der Waals surface area contributed by atoms with Crippen molar-refractivity contribution in [2.75, 3.05) is 18.1 Å². The number of hydrogen-bond donors (Lipinski definition) is 1. The van der Waals surface area contributed by atoms with Crippen LogP contribution in [-0.2, 0) is 4.79 Å². The molecule has 0 amide bonds. The quantitative estimate of drug-likeness (QED) is 0.751. The van der Waals surface area contributed by atoms with Crippen molar-refractivity contribution in [3.63, 3.8) is 0 Å². The molecule has 1 N–H and O–H groups in total. The Morgan fingerprint density at radius 3 is 2.62 bits per heavy atom. The van der Waals surface area contributed by atoms with Gasteiger partial charge in [0.25, 0.3) is 0 Å². The van der Waals surface area contributed by atoms with Crippen molar-refractivity contribution in [1.82, 2.24) is 5.32 Å². The summed E-state index contributed by atoms with van der Waals surface area (Å²) in [6.07, 6.45) is 0. The molecule has 1 fully saturated rings. The van der Waals surface area contributed by atoms with Crippen molar-refractivity contribution in [3.8, 4) is 0 Å². The van der Waals surface area contributed by atoms with E-state index in [1.165, 1.54) is 0 Å². The van der Waals surface area contributed by atoms with Gasteiger partial charge < -0.3 is 5.32 Å². The van der Waals surface area contributed by atoms with Crippen LogP contribution in [0.3, 0.4) is 0 Å². The van der Waals surface area contributed by atoms with Crippen molar-refractivity contribution in [2.45, 2.75) is 26.8 Å².